The van der Waals surface area contributed by atoms with Gasteiger partial charge in [-0.05, 0) is 43.3 Å². The first-order valence-electron chi connectivity index (χ1n) is 10.0. The van der Waals surface area contributed by atoms with E-state index in [0.29, 0.717) is 29.8 Å². The van der Waals surface area contributed by atoms with Gasteiger partial charge >= 0.3 is 0 Å². The fourth-order valence-corrected chi connectivity index (χ4v) is 4.41. The lowest BCUT2D eigenvalue weighted by Crippen LogP contribution is -2.48. The van der Waals surface area contributed by atoms with Gasteiger partial charge in [0, 0.05) is 12.7 Å². The number of hydrogen-bond donors (Lipinski definition) is 0. The Kier molecular flexibility index (Phi) is 6.88. The number of halogens is 2. The van der Waals surface area contributed by atoms with Crippen LogP contribution in [-0.4, -0.2) is 58.8 Å². The van der Waals surface area contributed by atoms with E-state index in [0.717, 1.165) is 16.6 Å². The van der Waals surface area contributed by atoms with Crippen LogP contribution in [-0.2, 0) is 16.1 Å². The van der Waals surface area contributed by atoms with Crippen LogP contribution in [0.4, 0.5) is 4.39 Å². The molecule has 1 saturated heterocycles. The predicted molar refractivity (Wildman–Crippen MR) is 119 cm³/mol. The van der Waals surface area contributed by atoms with E-state index in [-0.39, 0.29) is 36.5 Å². The zero-order valence-electron chi connectivity index (χ0n) is 17.3. The molecule has 1 atom stereocenters. The summed E-state index contributed by atoms with van der Waals surface area (Å²) in [6.45, 7) is 2.80. The van der Waals surface area contributed by atoms with Gasteiger partial charge in [-0.1, -0.05) is 11.6 Å². The van der Waals surface area contributed by atoms with Gasteiger partial charge in [-0.25, -0.2) is 4.39 Å². The fraction of sp³-hybridized carbons (Fsp3) is 0.318. The quantitative estimate of drug-likeness (QED) is 0.482. The highest BCUT2D eigenvalue weighted by Crippen LogP contribution is 2.29. The Morgan fingerprint density at radius 3 is 2.91 bits per heavy atom. The number of hydrogen-bond acceptors (Lipinski definition) is 6. The Morgan fingerprint density at radius 1 is 1.31 bits per heavy atom. The third-order valence-corrected chi connectivity index (χ3v) is 6.25. The monoisotopic (exact) mass is 477 g/mol. The van der Waals surface area contributed by atoms with E-state index in [2.05, 4.69) is 5.10 Å². The van der Waals surface area contributed by atoms with Crippen LogP contribution in [0.25, 0.3) is 10.6 Å². The molecule has 10 heteroatoms. The van der Waals surface area contributed by atoms with Crippen molar-refractivity contribution in [3.8, 4) is 16.3 Å². The summed E-state index contributed by atoms with van der Waals surface area (Å²) in [5, 5.41) is 4.46. The van der Waals surface area contributed by atoms with Crippen LogP contribution < -0.4 is 4.74 Å². The van der Waals surface area contributed by atoms with Crippen molar-refractivity contribution in [1.82, 2.24) is 14.7 Å². The van der Waals surface area contributed by atoms with Gasteiger partial charge in [-0.3, -0.25) is 14.3 Å². The van der Waals surface area contributed by atoms with E-state index >= 15 is 0 Å². The number of carbonyl (C=O) groups excluding carboxylic acids is 2. The number of benzene rings is 1. The van der Waals surface area contributed by atoms with Gasteiger partial charge < -0.3 is 14.4 Å². The summed E-state index contributed by atoms with van der Waals surface area (Å²) in [6, 6.07) is 9.37. The molecule has 0 radical (unpaired) electrons. The molecule has 1 aliphatic heterocycles. The second-order valence-electron chi connectivity index (χ2n) is 7.34. The first-order chi connectivity index (χ1) is 15.4. The maximum absolute atomic E-state index is 13.4. The van der Waals surface area contributed by atoms with Gasteiger partial charge in [0.25, 0.3) is 0 Å². The van der Waals surface area contributed by atoms with E-state index < -0.39 is 5.82 Å². The van der Waals surface area contributed by atoms with Crippen LogP contribution in [0.2, 0.25) is 4.34 Å². The van der Waals surface area contributed by atoms with Crippen LogP contribution in [0.15, 0.2) is 42.6 Å². The summed E-state index contributed by atoms with van der Waals surface area (Å²) in [7, 11) is 0. The predicted octanol–water partition coefficient (Wildman–Crippen LogP) is 3.91. The second-order valence-corrected chi connectivity index (χ2v) is 9.06. The molecular formula is C22H21ClFN3O4S. The van der Waals surface area contributed by atoms with Crippen LogP contribution >= 0.6 is 22.9 Å². The van der Waals surface area contributed by atoms with E-state index in [1.807, 2.05) is 18.2 Å². The number of carbonyl (C=O) groups is 2. The summed E-state index contributed by atoms with van der Waals surface area (Å²) in [5.74, 6) is -0.575. The van der Waals surface area contributed by atoms with E-state index in [4.69, 9.17) is 21.1 Å². The molecule has 1 unspecified atom stereocenters. The summed E-state index contributed by atoms with van der Waals surface area (Å²) in [4.78, 5) is 27.2. The number of ether oxygens (including phenoxy) is 2. The van der Waals surface area contributed by atoms with Crippen molar-refractivity contribution in [2.45, 2.75) is 19.6 Å². The number of amides is 1. The van der Waals surface area contributed by atoms with E-state index in [1.54, 1.807) is 15.8 Å². The van der Waals surface area contributed by atoms with Crippen molar-refractivity contribution in [1.29, 1.82) is 0 Å². The minimum Gasteiger partial charge on any atom is -0.490 e. The maximum Gasteiger partial charge on any atom is 0.244 e. The third-order valence-electron chi connectivity index (χ3n) is 5.00. The average Bonchev–Trinajstić information content (AvgIpc) is 3.41. The van der Waals surface area contributed by atoms with E-state index in [9.17, 15) is 14.0 Å². The van der Waals surface area contributed by atoms with Gasteiger partial charge in [0.1, 0.15) is 36.5 Å². The summed E-state index contributed by atoms with van der Waals surface area (Å²) in [6.07, 6.45) is 1.40. The van der Waals surface area contributed by atoms with Crippen LogP contribution in [0.5, 0.6) is 5.75 Å². The number of ketones is 1. The maximum atomic E-state index is 13.4. The normalized spacial score (nSPS) is 16.2. The van der Waals surface area contributed by atoms with Crippen LogP contribution in [0.3, 0.4) is 0 Å². The lowest BCUT2D eigenvalue weighted by molar-refractivity contribution is -0.140. The molecule has 3 heterocycles. The number of morpholine rings is 1. The standard InChI is InChI=1S/C22H21ClFN3O4S/c1-14(28)17-10-15(24)2-3-19(17)31-13-16-11-26(8-9-30-16)22(29)12-27-7-6-18(25-27)20-4-5-21(23)32-20/h2-7,10,16H,8-9,11-13H2,1H3. The van der Waals surface area contributed by atoms with Gasteiger partial charge in [-0.15, -0.1) is 11.3 Å². The minimum atomic E-state index is -0.503. The number of nitrogens with zero attached hydrogens (tertiary/aromatic N) is 3. The molecule has 2 aromatic heterocycles. The molecule has 0 spiro atoms. The molecule has 0 saturated carbocycles. The van der Waals surface area contributed by atoms with Gasteiger partial charge in [0.05, 0.1) is 27.9 Å². The number of rotatable bonds is 7. The van der Waals surface area contributed by atoms with E-state index in [1.165, 1.54) is 30.4 Å². The molecule has 4 rings (SSSR count). The number of aromatic nitrogens is 2. The van der Waals surface area contributed by atoms with Crippen molar-refractivity contribution < 1.29 is 23.5 Å². The van der Waals surface area contributed by atoms with Gasteiger partial charge in [-0.2, -0.15) is 5.10 Å². The van der Waals surface area contributed by atoms with Gasteiger partial charge in [0.15, 0.2) is 5.78 Å². The molecule has 168 valence electrons. The van der Waals surface area contributed by atoms with Gasteiger partial charge in [0.2, 0.25) is 5.91 Å². The van der Waals surface area contributed by atoms with Crippen molar-refractivity contribution in [2.24, 2.45) is 0 Å². The molecule has 32 heavy (non-hydrogen) atoms. The average molecular weight is 478 g/mol. The molecule has 1 aromatic carbocycles. The van der Waals surface area contributed by atoms with Crippen molar-refractivity contribution in [3.63, 3.8) is 0 Å². The highest BCUT2D eigenvalue weighted by Gasteiger charge is 2.25. The Labute approximate surface area is 193 Å². The molecule has 3 aromatic rings. The first kappa shape index (κ1) is 22.4. The lowest BCUT2D eigenvalue weighted by atomic mass is 10.1. The number of Topliss-reactive ketones (excluding diaryl/α,β-unsaturated/α-hetero) is 1. The SMILES string of the molecule is CC(=O)c1cc(F)ccc1OCC1CN(C(=O)Cn2ccc(-c3ccc(Cl)s3)n2)CCO1. The third kappa shape index (κ3) is 5.35. The Balaban J connectivity index is 1.33. The lowest BCUT2D eigenvalue weighted by Gasteiger charge is -2.33. The summed E-state index contributed by atoms with van der Waals surface area (Å²) >= 11 is 7.41. The minimum absolute atomic E-state index is 0.0802. The molecule has 1 amide bonds. The Bertz CT molecular complexity index is 1130. The highest BCUT2D eigenvalue weighted by molar-refractivity contribution is 7.19. The van der Waals surface area contributed by atoms with Crippen molar-refractivity contribution in [2.75, 3.05) is 26.3 Å². The van der Waals surface area contributed by atoms with Crippen LogP contribution in [0.1, 0.15) is 17.3 Å². The Hall–Kier alpha value is -2.75. The molecule has 0 aliphatic carbocycles. The largest absolute Gasteiger partial charge is 0.490 e. The smallest absolute Gasteiger partial charge is 0.244 e. The van der Waals surface area contributed by atoms with Crippen LogP contribution in [0, 0.1) is 5.82 Å². The summed E-state index contributed by atoms with van der Waals surface area (Å²) < 4.78 is 27.1. The zero-order chi connectivity index (χ0) is 22.7. The zero-order valence-corrected chi connectivity index (χ0v) is 18.9. The highest BCUT2D eigenvalue weighted by atomic mass is 35.5. The van der Waals surface area contributed by atoms with Crippen molar-refractivity contribution in [3.05, 3.63) is 58.3 Å². The fourth-order valence-electron chi connectivity index (χ4n) is 3.40. The Morgan fingerprint density at radius 2 is 2.16 bits per heavy atom. The first-order valence-corrected chi connectivity index (χ1v) is 11.2. The second kappa shape index (κ2) is 9.81. The molecule has 1 fully saturated rings. The molecular weight excluding hydrogens is 457 g/mol. The summed E-state index contributed by atoms with van der Waals surface area (Å²) in [5.41, 5.74) is 0.943. The molecule has 1 aliphatic rings. The van der Waals surface area contributed by atoms with Crippen molar-refractivity contribution >= 4 is 34.6 Å². The number of thiophene rings is 1. The molecule has 0 N–H and O–H groups in total. The topological polar surface area (TPSA) is 73.7 Å². The molecule has 0 bridgehead atoms. The molecule has 7 nitrogen and oxygen atoms in total.